The van der Waals surface area contributed by atoms with Crippen molar-refractivity contribution in [2.45, 2.75) is 26.2 Å². The second-order valence-corrected chi connectivity index (χ2v) is 5.66. The maximum absolute atomic E-state index is 5.80. The van der Waals surface area contributed by atoms with Crippen molar-refractivity contribution in [2.75, 3.05) is 13.1 Å². The van der Waals surface area contributed by atoms with Crippen molar-refractivity contribution in [3.8, 4) is 0 Å². The van der Waals surface area contributed by atoms with Crippen LogP contribution < -0.4 is 10.6 Å². The van der Waals surface area contributed by atoms with Gasteiger partial charge in [0.25, 0.3) is 0 Å². The standard InChI is InChI=1S/C19H23N3O/c1-2-6-16(7-3-1)14-23-15-18-9-4-8-17(12-18)13-22-19-20-10-5-11-21-19/h1-4,6-9,12H,5,10-11,13-15H2,(H2,20,21,22). The summed E-state index contributed by atoms with van der Waals surface area (Å²) in [4.78, 5) is 4.42. The van der Waals surface area contributed by atoms with E-state index in [-0.39, 0.29) is 0 Å². The second-order valence-electron chi connectivity index (χ2n) is 5.66. The van der Waals surface area contributed by atoms with Gasteiger partial charge in [0.05, 0.1) is 13.2 Å². The molecule has 0 radical (unpaired) electrons. The minimum atomic E-state index is 0.627. The SMILES string of the molecule is c1ccc(COCc2cccc(CNC3=NCCCN3)c2)cc1. The van der Waals surface area contributed by atoms with Crippen molar-refractivity contribution < 1.29 is 4.74 Å². The summed E-state index contributed by atoms with van der Waals surface area (Å²) in [6, 6.07) is 18.7. The number of nitrogens with zero attached hydrogens (tertiary/aromatic N) is 1. The summed E-state index contributed by atoms with van der Waals surface area (Å²) in [5.74, 6) is 0.905. The van der Waals surface area contributed by atoms with E-state index in [9.17, 15) is 0 Å². The first-order chi connectivity index (χ1) is 11.4. The van der Waals surface area contributed by atoms with Crippen molar-refractivity contribution in [2.24, 2.45) is 4.99 Å². The van der Waals surface area contributed by atoms with Crippen LogP contribution in [0.4, 0.5) is 0 Å². The molecule has 3 rings (SSSR count). The normalized spacial score (nSPS) is 14.0. The van der Waals surface area contributed by atoms with E-state index in [1.807, 2.05) is 18.2 Å². The van der Waals surface area contributed by atoms with Gasteiger partial charge in [-0.2, -0.15) is 0 Å². The Morgan fingerprint density at radius 3 is 2.57 bits per heavy atom. The molecule has 120 valence electrons. The highest BCUT2D eigenvalue weighted by Gasteiger charge is 2.03. The third-order valence-corrected chi connectivity index (χ3v) is 3.73. The average Bonchev–Trinajstić information content (AvgIpc) is 2.62. The van der Waals surface area contributed by atoms with Gasteiger partial charge in [0, 0.05) is 19.6 Å². The molecule has 2 aromatic rings. The summed E-state index contributed by atoms with van der Waals surface area (Å²) in [6.45, 7) is 3.95. The molecule has 0 atom stereocenters. The van der Waals surface area contributed by atoms with Gasteiger partial charge in [-0.3, -0.25) is 4.99 Å². The molecule has 0 saturated carbocycles. The van der Waals surface area contributed by atoms with Gasteiger partial charge in [-0.05, 0) is 23.1 Å². The van der Waals surface area contributed by atoms with Crippen LogP contribution in [-0.4, -0.2) is 19.0 Å². The summed E-state index contributed by atoms with van der Waals surface area (Å²) in [5, 5.41) is 6.62. The van der Waals surface area contributed by atoms with E-state index in [4.69, 9.17) is 4.74 Å². The van der Waals surface area contributed by atoms with Crippen molar-refractivity contribution in [1.29, 1.82) is 0 Å². The Bertz CT molecular complexity index is 640. The zero-order chi connectivity index (χ0) is 15.7. The molecular weight excluding hydrogens is 286 g/mol. The number of benzene rings is 2. The van der Waals surface area contributed by atoms with Crippen molar-refractivity contribution in [1.82, 2.24) is 10.6 Å². The van der Waals surface area contributed by atoms with Gasteiger partial charge in [0.1, 0.15) is 0 Å². The summed E-state index contributed by atoms with van der Waals surface area (Å²) >= 11 is 0. The molecule has 0 bridgehead atoms. The highest BCUT2D eigenvalue weighted by atomic mass is 16.5. The number of ether oxygens (including phenoxy) is 1. The quantitative estimate of drug-likeness (QED) is 0.862. The molecule has 1 heterocycles. The Labute approximate surface area is 137 Å². The zero-order valence-electron chi connectivity index (χ0n) is 13.3. The zero-order valence-corrected chi connectivity index (χ0v) is 13.3. The maximum Gasteiger partial charge on any atom is 0.191 e. The topological polar surface area (TPSA) is 45.6 Å². The van der Waals surface area contributed by atoms with Crippen LogP contribution in [0.25, 0.3) is 0 Å². The van der Waals surface area contributed by atoms with Crippen LogP contribution in [0.2, 0.25) is 0 Å². The van der Waals surface area contributed by atoms with E-state index < -0.39 is 0 Å². The van der Waals surface area contributed by atoms with Crippen LogP contribution in [0, 0.1) is 0 Å². The van der Waals surface area contributed by atoms with Crippen LogP contribution in [0.1, 0.15) is 23.1 Å². The monoisotopic (exact) mass is 309 g/mol. The van der Waals surface area contributed by atoms with Crippen LogP contribution in [0.15, 0.2) is 59.6 Å². The lowest BCUT2D eigenvalue weighted by molar-refractivity contribution is 0.107. The summed E-state index contributed by atoms with van der Waals surface area (Å²) in [7, 11) is 0. The van der Waals surface area contributed by atoms with Crippen LogP contribution in [0.5, 0.6) is 0 Å². The van der Waals surface area contributed by atoms with Crippen LogP contribution in [0.3, 0.4) is 0 Å². The third kappa shape index (κ3) is 5.11. The van der Waals surface area contributed by atoms with E-state index in [2.05, 4.69) is 52.0 Å². The molecule has 0 spiro atoms. The Balaban J connectivity index is 1.48. The molecule has 0 unspecified atom stereocenters. The fourth-order valence-electron chi connectivity index (χ4n) is 2.53. The Kier molecular flexibility index (Phi) is 5.64. The molecule has 0 fully saturated rings. The minimum absolute atomic E-state index is 0.627. The van der Waals surface area contributed by atoms with E-state index >= 15 is 0 Å². The third-order valence-electron chi connectivity index (χ3n) is 3.73. The molecule has 4 nitrogen and oxygen atoms in total. The highest BCUT2D eigenvalue weighted by Crippen LogP contribution is 2.09. The highest BCUT2D eigenvalue weighted by molar-refractivity contribution is 5.80. The Morgan fingerprint density at radius 1 is 0.957 bits per heavy atom. The van der Waals surface area contributed by atoms with E-state index in [0.29, 0.717) is 13.2 Å². The van der Waals surface area contributed by atoms with Crippen LogP contribution >= 0.6 is 0 Å². The number of nitrogens with one attached hydrogen (secondary N) is 2. The molecule has 0 aromatic heterocycles. The first-order valence-electron chi connectivity index (χ1n) is 8.12. The lowest BCUT2D eigenvalue weighted by Crippen LogP contribution is -2.40. The molecule has 0 aliphatic carbocycles. The average molecular weight is 309 g/mol. The Morgan fingerprint density at radius 2 is 1.74 bits per heavy atom. The fraction of sp³-hybridized carbons (Fsp3) is 0.316. The summed E-state index contributed by atoms with van der Waals surface area (Å²) < 4.78 is 5.80. The largest absolute Gasteiger partial charge is 0.372 e. The van der Waals surface area contributed by atoms with Crippen LogP contribution in [-0.2, 0) is 24.5 Å². The van der Waals surface area contributed by atoms with Gasteiger partial charge in [0.2, 0.25) is 0 Å². The molecule has 0 saturated heterocycles. The van der Waals surface area contributed by atoms with Gasteiger partial charge in [-0.25, -0.2) is 0 Å². The van der Waals surface area contributed by atoms with Crippen molar-refractivity contribution in [3.05, 3.63) is 71.3 Å². The van der Waals surface area contributed by atoms with Gasteiger partial charge >= 0.3 is 0 Å². The number of aliphatic imine (C=N–C) groups is 1. The van der Waals surface area contributed by atoms with Crippen molar-refractivity contribution >= 4 is 5.96 Å². The molecule has 23 heavy (non-hydrogen) atoms. The van der Waals surface area contributed by atoms with E-state index in [1.165, 1.54) is 16.7 Å². The number of rotatable bonds is 6. The van der Waals surface area contributed by atoms with Gasteiger partial charge in [0.15, 0.2) is 5.96 Å². The van der Waals surface area contributed by atoms with E-state index in [0.717, 1.165) is 32.0 Å². The predicted octanol–water partition coefficient (Wildman–Crippen LogP) is 2.84. The smallest absolute Gasteiger partial charge is 0.191 e. The summed E-state index contributed by atoms with van der Waals surface area (Å²) in [5.41, 5.74) is 3.63. The molecular formula is C19H23N3O. The van der Waals surface area contributed by atoms with Gasteiger partial charge in [-0.1, -0.05) is 54.6 Å². The van der Waals surface area contributed by atoms with Gasteiger partial charge < -0.3 is 15.4 Å². The van der Waals surface area contributed by atoms with Crippen molar-refractivity contribution in [3.63, 3.8) is 0 Å². The second kappa shape index (κ2) is 8.34. The lowest BCUT2D eigenvalue weighted by Gasteiger charge is -2.16. The molecule has 2 N–H and O–H groups in total. The van der Waals surface area contributed by atoms with Gasteiger partial charge in [-0.15, -0.1) is 0 Å². The minimum Gasteiger partial charge on any atom is -0.372 e. The fourth-order valence-corrected chi connectivity index (χ4v) is 2.53. The Hall–Kier alpha value is -2.33. The lowest BCUT2D eigenvalue weighted by atomic mass is 10.1. The number of hydrogen-bond acceptors (Lipinski definition) is 4. The molecule has 4 heteroatoms. The number of guanidine groups is 1. The molecule has 2 aromatic carbocycles. The molecule has 0 amide bonds. The molecule has 1 aliphatic rings. The summed E-state index contributed by atoms with van der Waals surface area (Å²) in [6.07, 6.45) is 1.11. The molecule has 1 aliphatic heterocycles. The first kappa shape index (κ1) is 15.6. The maximum atomic E-state index is 5.80. The predicted molar refractivity (Wildman–Crippen MR) is 93.1 cm³/mol. The first-order valence-corrected chi connectivity index (χ1v) is 8.12. The van der Waals surface area contributed by atoms with E-state index in [1.54, 1.807) is 0 Å². The number of hydrogen-bond donors (Lipinski definition) is 2.